The first-order chi connectivity index (χ1) is 7.29. The summed E-state index contributed by atoms with van der Waals surface area (Å²) < 4.78 is 2.01. The van der Waals surface area contributed by atoms with Gasteiger partial charge in [0.1, 0.15) is 0 Å². The Hall–Kier alpha value is -0.990. The highest BCUT2D eigenvalue weighted by Crippen LogP contribution is 2.13. The second kappa shape index (κ2) is 4.69. The van der Waals surface area contributed by atoms with Crippen molar-refractivity contribution in [2.24, 2.45) is 0 Å². The van der Waals surface area contributed by atoms with Crippen LogP contribution in [-0.4, -0.2) is 9.55 Å². The zero-order chi connectivity index (χ0) is 10.7. The van der Waals surface area contributed by atoms with Crippen molar-refractivity contribution in [2.45, 2.75) is 12.4 Å². The number of aromatic nitrogens is 2. The van der Waals surface area contributed by atoms with E-state index in [1.807, 2.05) is 28.8 Å². The first-order valence-corrected chi connectivity index (χ1v) is 5.50. The maximum absolute atomic E-state index is 5.91. The highest BCUT2D eigenvalue weighted by Gasteiger charge is 2.01. The minimum atomic E-state index is 0.473. The van der Waals surface area contributed by atoms with Crippen LogP contribution in [0.1, 0.15) is 11.3 Å². The molecule has 0 saturated heterocycles. The molecule has 0 aliphatic heterocycles. The van der Waals surface area contributed by atoms with Crippen molar-refractivity contribution < 1.29 is 0 Å². The van der Waals surface area contributed by atoms with Crippen LogP contribution in [0.3, 0.4) is 0 Å². The van der Waals surface area contributed by atoms with E-state index in [1.54, 1.807) is 12.5 Å². The number of imidazole rings is 1. The zero-order valence-corrected chi connectivity index (χ0v) is 9.54. The van der Waals surface area contributed by atoms with E-state index in [4.69, 9.17) is 23.2 Å². The van der Waals surface area contributed by atoms with E-state index >= 15 is 0 Å². The third-order valence-electron chi connectivity index (χ3n) is 2.18. The maximum atomic E-state index is 5.91. The van der Waals surface area contributed by atoms with Crippen molar-refractivity contribution in [2.75, 3.05) is 0 Å². The van der Waals surface area contributed by atoms with Crippen molar-refractivity contribution in [1.82, 2.24) is 9.55 Å². The average molecular weight is 241 g/mol. The molecule has 0 radical (unpaired) electrons. The van der Waals surface area contributed by atoms with Gasteiger partial charge in [-0.1, -0.05) is 23.7 Å². The van der Waals surface area contributed by atoms with E-state index in [1.165, 1.54) is 0 Å². The van der Waals surface area contributed by atoms with Crippen LogP contribution in [0.25, 0.3) is 0 Å². The summed E-state index contributed by atoms with van der Waals surface area (Å²) in [7, 11) is 0. The van der Waals surface area contributed by atoms with Gasteiger partial charge in [-0.15, -0.1) is 11.6 Å². The number of hydrogen-bond donors (Lipinski definition) is 0. The van der Waals surface area contributed by atoms with Crippen LogP contribution in [0.15, 0.2) is 36.8 Å². The Morgan fingerprint density at radius 3 is 2.93 bits per heavy atom. The summed E-state index contributed by atoms with van der Waals surface area (Å²) in [5, 5.41) is 0.750. The van der Waals surface area contributed by atoms with Gasteiger partial charge < -0.3 is 4.57 Å². The number of benzene rings is 1. The van der Waals surface area contributed by atoms with Gasteiger partial charge in [-0.05, 0) is 17.7 Å². The standard InChI is InChI=1S/C11H10Cl2N2/c12-5-11-6-14-8-15(11)7-9-2-1-3-10(13)4-9/h1-4,6,8H,5,7H2. The number of nitrogens with zero attached hydrogens (tertiary/aromatic N) is 2. The molecule has 0 unspecified atom stereocenters. The van der Waals surface area contributed by atoms with E-state index in [2.05, 4.69) is 4.98 Å². The first-order valence-electron chi connectivity index (χ1n) is 4.59. The number of alkyl halides is 1. The van der Waals surface area contributed by atoms with Gasteiger partial charge in [-0.2, -0.15) is 0 Å². The summed E-state index contributed by atoms with van der Waals surface area (Å²) in [6.45, 7) is 0.753. The minimum Gasteiger partial charge on any atom is -0.329 e. The van der Waals surface area contributed by atoms with Crippen molar-refractivity contribution in [1.29, 1.82) is 0 Å². The normalized spacial score (nSPS) is 10.5. The Kier molecular flexibility index (Phi) is 3.29. The van der Waals surface area contributed by atoms with Gasteiger partial charge in [0, 0.05) is 17.8 Å². The summed E-state index contributed by atoms with van der Waals surface area (Å²) in [4.78, 5) is 4.06. The quantitative estimate of drug-likeness (QED) is 0.753. The van der Waals surface area contributed by atoms with Crippen molar-refractivity contribution in [3.05, 3.63) is 53.1 Å². The molecule has 0 N–H and O–H groups in total. The molecule has 15 heavy (non-hydrogen) atoms. The summed E-state index contributed by atoms with van der Waals surface area (Å²) in [6.07, 6.45) is 3.55. The highest BCUT2D eigenvalue weighted by molar-refractivity contribution is 6.30. The van der Waals surface area contributed by atoms with Crippen LogP contribution in [0.4, 0.5) is 0 Å². The molecule has 2 aromatic rings. The second-order valence-corrected chi connectivity index (χ2v) is 3.98. The molecule has 0 amide bonds. The number of halogens is 2. The molecular formula is C11H10Cl2N2. The molecule has 1 aromatic heterocycles. The third kappa shape index (κ3) is 2.52. The molecule has 0 saturated carbocycles. The molecule has 2 rings (SSSR count). The topological polar surface area (TPSA) is 17.8 Å². The fourth-order valence-corrected chi connectivity index (χ4v) is 1.87. The average Bonchev–Trinajstić information content (AvgIpc) is 2.65. The van der Waals surface area contributed by atoms with Gasteiger partial charge in [-0.25, -0.2) is 4.98 Å². The maximum Gasteiger partial charge on any atom is 0.0951 e. The molecule has 0 spiro atoms. The predicted octanol–water partition coefficient (Wildman–Crippen LogP) is 3.32. The summed E-state index contributed by atoms with van der Waals surface area (Å²) >= 11 is 11.7. The van der Waals surface area contributed by atoms with E-state index in [-0.39, 0.29) is 0 Å². The van der Waals surface area contributed by atoms with Gasteiger partial charge in [0.2, 0.25) is 0 Å². The summed E-state index contributed by atoms with van der Waals surface area (Å²) in [5.41, 5.74) is 2.16. The molecular weight excluding hydrogens is 231 g/mol. The lowest BCUT2D eigenvalue weighted by atomic mass is 10.2. The van der Waals surface area contributed by atoms with Gasteiger partial charge in [0.25, 0.3) is 0 Å². The van der Waals surface area contributed by atoms with Crippen molar-refractivity contribution in [3.63, 3.8) is 0 Å². The molecule has 0 aliphatic carbocycles. The zero-order valence-electron chi connectivity index (χ0n) is 8.03. The van der Waals surface area contributed by atoms with Crippen LogP contribution in [0.2, 0.25) is 5.02 Å². The van der Waals surface area contributed by atoms with E-state index < -0.39 is 0 Å². The number of rotatable bonds is 3. The third-order valence-corrected chi connectivity index (χ3v) is 2.69. The highest BCUT2D eigenvalue weighted by atomic mass is 35.5. The van der Waals surface area contributed by atoms with Crippen molar-refractivity contribution in [3.8, 4) is 0 Å². The first kappa shape index (κ1) is 10.5. The molecule has 78 valence electrons. The minimum absolute atomic E-state index is 0.473. The lowest BCUT2D eigenvalue weighted by Crippen LogP contribution is -2.01. The molecule has 0 bridgehead atoms. The second-order valence-electron chi connectivity index (χ2n) is 3.28. The Balaban J connectivity index is 2.22. The Bertz CT molecular complexity index is 451. The van der Waals surface area contributed by atoms with E-state index in [9.17, 15) is 0 Å². The Morgan fingerprint density at radius 2 is 2.20 bits per heavy atom. The summed E-state index contributed by atoms with van der Waals surface area (Å²) in [5.74, 6) is 0.473. The number of hydrogen-bond acceptors (Lipinski definition) is 1. The van der Waals surface area contributed by atoms with Gasteiger partial charge >= 0.3 is 0 Å². The monoisotopic (exact) mass is 240 g/mol. The van der Waals surface area contributed by atoms with E-state index in [0.717, 1.165) is 22.8 Å². The van der Waals surface area contributed by atoms with Crippen LogP contribution >= 0.6 is 23.2 Å². The Labute approximate surface area is 98.5 Å². The van der Waals surface area contributed by atoms with E-state index in [0.29, 0.717) is 5.88 Å². The molecule has 0 atom stereocenters. The fraction of sp³-hybridized carbons (Fsp3) is 0.182. The molecule has 0 fully saturated rings. The largest absolute Gasteiger partial charge is 0.329 e. The molecule has 4 heteroatoms. The van der Waals surface area contributed by atoms with Gasteiger partial charge in [0.05, 0.1) is 17.9 Å². The lowest BCUT2D eigenvalue weighted by molar-refractivity contribution is 0.765. The smallest absolute Gasteiger partial charge is 0.0951 e. The Morgan fingerprint density at radius 1 is 1.33 bits per heavy atom. The predicted molar refractivity (Wildman–Crippen MR) is 62.3 cm³/mol. The molecule has 1 aromatic carbocycles. The van der Waals surface area contributed by atoms with Crippen molar-refractivity contribution >= 4 is 23.2 Å². The van der Waals surface area contributed by atoms with Crippen LogP contribution in [0, 0.1) is 0 Å². The fourth-order valence-electron chi connectivity index (χ4n) is 1.43. The van der Waals surface area contributed by atoms with Gasteiger partial charge in [-0.3, -0.25) is 0 Å². The van der Waals surface area contributed by atoms with Crippen LogP contribution in [-0.2, 0) is 12.4 Å². The molecule has 0 aliphatic rings. The van der Waals surface area contributed by atoms with Gasteiger partial charge in [0.15, 0.2) is 0 Å². The molecule has 2 nitrogen and oxygen atoms in total. The summed E-state index contributed by atoms with van der Waals surface area (Å²) in [6, 6.07) is 7.78. The van der Waals surface area contributed by atoms with Crippen LogP contribution in [0.5, 0.6) is 0 Å². The SMILES string of the molecule is ClCc1cncn1Cc1cccc(Cl)c1. The molecule has 1 heterocycles. The lowest BCUT2D eigenvalue weighted by Gasteiger charge is -2.06. The van der Waals surface area contributed by atoms with Crippen LogP contribution < -0.4 is 0 Å².